The number of nitrogens with zero attached hydrogens (tertiary/aromatic N) is 2. The number of carbonyl (C=O) groups is 4. The Balaban J connectivity index is 1.66. The van der Waals surface area contributed by atoms with Crippen LogP contribution in [0, 0.1) is 0 Å². The van der Waals surface area contributed by atoms with E-state index in [-0.39, 0.29) is 31.0 Å². The van der Waals surface area contributed by atoms with Gasteiger partial charge < -0.3 is 35.8 Å². The summed E-state index contributed by atoms with van der Waals surface area (Å²) in [6, 6.07) is 22.8. The first-order chi connectivity index (χ1) is 22.9. The number of rotatable bonds is 18. The van der Waals surface area contributed by atoms with Crippen molar-refractivity contribution in [3.8, 4) is 5.75 Å². The quantitative estimate of drug-likeness (QED) is 0.149. The van der Waals surface area contributed by atoms with Crippen LogP contribution in [0.15, 0.2) is 84.9 Å². The fourth-order valence-electron chi connectivity index (χ4n) is 5.12. The van der Waals surface area contributed by atoms with Gasteiger partial charge in [0.15, 0.2) is 0 Å². The molecule has 3 rings (SSSR count). The Labute approximate surface area is 286 Å². The predicted molar refractivity (Wildman–Crippen MR) is 187 cm³/mol. The standard InChI is InChI=1S/C36H47N5O6S/c1-26(39-35(45)31(37)23-29-15-17-30(42)18-16-29)34(44)38-25-33(43)40(2)32(24-28-13-8-5-9-14-28)36(46)41(20-10-22-48(3)47)21-19-27-11-6-4-7-12-27/h4-9,11-18,26,31-32,42H,10,19-25,37H2,1-3H3,(H,38,44)(H,39,45)/t26-,31+,32+,48?/m1/s1. The Kier molecular flexibility index (Phi) is 15.4. The van der Waals surface area contributed by atoms with Crippen molar-refractivity contribution in [3.05, 3.63) is 102 Å². The molecule has 0 heterocycles. The number of benzene rings is 3. The van der Waals surface area contributed by atoms with Crippen LogP contribution in [0.1, 0.15) is 30.0 Å². The Morgan fingerprint density at radius 1 is 0.854 bits per heavy atom. The SMILES string of the molecule is C[C@@H](NC(=O)[C@@H](N)Cc1ccc(O)cc1)C(=O)NCC(=O)N(C)[C@@H](Cc1ccccc1)C(=O)N(CCC[S+](C)[O-])CCc1ccccc1. The monoisotopic (exact) mass is 677 g/mol. The molecule has 1 unspecified atom stereocenters. The number of nitrogens with two attached hydrogens (primary N) is 1. The van der Waals surface area contributed by atoms with Crippen molar-refractivity contribution in [1.82, 2.24) is 20.4 Å². The fourth-order valence-corrected chi connectivity index (χ4v) is 5.65. The number of aromatic hydroxyl groups is 1. The lowest BCUT2D eigenvalue weighted by molar-refractivity contribution is -0.144. The molecule has 4 atom stereocenters. The van der Waals surface area contributed by atoms with Gasteiger partial charge in [0.25, 0.3) is 0 Å². The van der Waals surface area contributed by atoms with E-state index in [2.05, 4.69) is 10.6 Å². The average Bonchev–Trinajstić information content (AvgIpc) is 3.08. The summed E-state index contributed by atoms with van der Waals surface area (Å²) in [7, 11) is 1.55. The average molecular weight is 678 g/mol. The molecular weight excluding hydrogens is 630 g/mol. The topological polar surface area (TPSA) is 168 Å². The molecular formula is C36H47N5O6S. The molecule has 3 aromatic carbocycles. The Bertz CT molecular complexity index is 1460. The highest BCUT2D eigenvalue weighted by molar-refractivity contribution is 7.90. The van der Waals surface area contributed by atoms with Crippen molar-refractivity contribution in [2.45, 2.75) is 50.7 Å². The minimum absolute atomic E-state index is 0.101. The van der Waals surface area contributed by atoms with Crippen molar-refractivity contribution in [1.29, 1.82) is 0 Å². The van der Waals surface area contributed by atoms with E-state index in [0.29, 0.717) is 31.7 Å². The van der Waals surface area contributed by atoms with Crippen LogP contribution in [-0.2, 0) is 49.6 Å². The number of amides is 4. The minimum atomic E-state index is -1.01. The summed E-state index contributed by atoms with van der Waals surface area (Å²) in [6.45, 7) is 1.92. The molecule has 0 spiro atoms. The fraction of sp³-hybridized carbons (Fsp3) is 0.389. The van der Waals surface area contributed by atoms with Crippen LogP contribution in [-0.4, -0.2) is 99.9 Å². The first-order valence-electron chi connectivity index (χ1n) is 16.0. The summed E-state index contributed by atoms with van der Waals surface area (Å²) in [5.41, 5.74) is 8.72. The maximum Gasteiger partial charge on any atom is 0.245 e. The summed E-state index contributed by atoms with van der Waals surface area (Å²) in [5.74, 6) is -1.27. The molecule has 0 aliphatic carbocycles. The predicted octanol–water partition coefficient (Wildman–Crippen LogP) is 1.79. The van der Waals surface area contributed by atoms with Gasteiger partial charge in [-0.05, 0) is 48.6 Å². The number of carbonyl (C=O) groups excluding carboxylic acids is 4. The second-order valence-corrected chi connectivity index (χ2v) is 13.4. The number of phenols is 1. The van der Waals surface area contributed by atoms with E-state index in [1.54, 1.807) is 30.3 Å². The van der Waals surface area contributed by atoms with Gasteiger partial charge in [-0.15, -0.1) is 0 Å². The van der Waals surface area contributed by atoms with Gasteiger partial charge in [-0.2, -0.15) is 0 Å². The van der Waals surface area contributed by atoms with Crippen molar-refractivity contribution in [2.75, 3.05) is 38.7 Å². The second kappa shape index (κ2) is 19.4. The maximum atomic E-state index is 14.2. The van der Waals surface area contributed by atoms with E-state index in [1.807, 2.05) is 60.7 Å². The first kappa shape index (κ1) is 38.1. The lowest BCUT2D eigenvalue weighted by Crippen LogP contribution is -2.55. The van der Waals surface area contributed by atoms with Gasteiger partial charge in [0.1, 0.15) is 23.6 Å². The summed E-state index contributed by atoms with van der Waals surface area (Å²) >= 11 is -1.01. The summed E-state index contributed by atoms with van der Waals surface area (Å²) in [4.78, 5) is 56.2. The zero-order valence-corrected chi connectivity index (χ0v) is 28.7. The van der Waals surface area contributed by atoms with Crippen molar-refractivity contribution in [2.24, 2.45) is 5.73 Å². The molecule has 48 heavy (non-hydrogen) atoms. The second-order valence-electron chi connectivity index (χ2n) is 11.8. The number of phenolic OH excluding ortho intramolecular Hbond substituents is 1. The highest BCUT2D eigenvalue weighted by Gasteiger charge is 2.31. The highest BCUT2D eigenvalue weighted by Crippen LogP contribution is 2.14. The number of likely N-dealkylation sites (N-methyl/N-ethyl adjacent to an activating group) is 1. The molecule has 11 nitrogen and oxygen atoms in total. The molecule has 12 heteroatoms. The zero-order chi connectivity index (χ0) is 35.1. The third-order valence-electron chi connectivity index (χ3n) is 8.00. The van der Waals surface area contributed by atoms with Gasteiger partial charge in [0, 0.05) is 33.0 Å². The molecule has 258 valence electrons. The van der Waals surface area contributed by atoms with E-state index in [4.69, 9.17) is 5.73 Å². The zero-order valence-electron chi connectivity index (χ0n) is 27.8. The molecule has 0 radical (unpaired) electrons. The molecule has 0 aromatic heterocycles. The van der Waals surface area contributed by atoms with Crippen molar-refractivity contribution in [3.63, 3.8) is 0 Å². The lowest BCUT2D eigenvalue weighted by atomic mass is 10.0. The third-order valence-corrected chi connectivity index (χ3v) is 8.86. The molecule has 0 aliphatic rings. The molecule has 0 saturated carbocycles. The van der Waals surface area contributed by atoms with E-state index >= 15 is 0 Å². The van der Waals surface area contributed by atoms with E-state index in [1.165, 1.54) is 24.0 Å². The van der Waals surface area contributed by atoms with E-state index < -0.39 is 47.0 Å². The molecule has 0 fully saturated rings. The summed E-state index contributed by atoms with van der Waals surface area (Å²) < 4.78 is 11.8. The number of hydrogen-bond donors (Lipinski definition) is 4. The van der Waals surface area contributed by atoms with Crippen LogP contribution in [0.25, 0.3) is 0 Å². The highest BCUT2D eigenvalue weighted by atomic mass is 32.2. The van der Waals surface area contributed by atoms with Crippen LogP contribution < -0.4 is 16.4 Å². The molecule has 0 bridgehead atoms. The van der Waals surface area contributed by atoms with Crippen LogP contribution in [0.3, 0.4) is 0 Å². The lowest BCUT2D eigenvalue weighted by Gasteiger charge is -2.33. The minimum Gasteiger partial charge on any atom is -0.617 e. The van der Waals surface area contributed by atoms with Gasteiger partial charge in [-0.25, -0.2) is 0 Å². The normalized spacial score (nSPS) is 13.4. The van der Waals surface area contributed by atoms with E-state index in [9.17, 15) is 28.8 Å². The Morgan fingerprint density at radius 3 is 2.04 bits per heavy atom. The van der Waals surface area contributed by atoms with Crippen LogP contribution in [0.2, 0.25) is 0 Å². The number of nitrogens with one attached hydrogen (secondary N) is 2. The molecule has 4 amide bonds. The van der Waals surface area contributed by atoms with Crippen molar-refractivity contribution >= 4 is 34.8 Å². The van der Waals surface area contributed by atoms with Crippen molar-refractivity contribution < 1.29 is 28.8 Å². The molecule has 0 saturated heterocycles. The van der Waals surface area contributed by atoms with Gasteiger partial charge in [-0.1, -0.05) is 84.0 Å². The Hall–Kier alpha value is -4.39. The smallest absolute Gasteiger partial charge is 0.245 e. The molecule has 0 aliphatic heterocycles. The first-order valence-corrected chi connectivity index (χ1v) is 17.7. The largest absolute Gasteiger partial charge is 0.617 e. The van der Waals surface area contributed by atoms with Crippen LogP contribution in [0.5, 0.6) is 5.75 Å². The van der Waals surface area contributed by atoms with Gasteiger partial charge in [0.05, 0.1) is 18.8 Å². The van der Waals surface area contributed by atoms with E-state index in [0.717, 1.165) is 16.7 Å². The van der Waals surface area contributed by atoms with Gasteiger partial charge >= 0.3 is 0 Å². The molecule has 3 aromatic rings. The van der Waals surface area contributed by atoms with Crippen LogP contribution >= 0.6 is 0 Å². The van der Waals surface area contributed by atoms with Gasteiger partial charge in [-0.3, -0.25) is 19.2 Å². The third kappa shape index (κ3) is 12.7. The summed E-state index contributed by atoms with van der Waals surface area (Å²) in [5, 5.41) is 14.6. The maximum absolute atomic E-state index is 14.2. The van der Waals surface area contributed by atoms with Crippen LogP contribution in [0.4, 0.5) is 0 Å². The Morgan fingerprint density at radius 2 is 1.44 bits per heavy atom. The van der Waals surface area contributed by atoms with Gasteiger partial charge in [0.2, 0.25) is 23.6 Å². The summed E-state index contributed by atoms with van der Waals surface area (Å²) in [6.07, 6.45) is 3.28. The molecule has 5 N–H and O–H groups in total. The number of hydrogen-bond acceptors (Lipinski definition) is 7.